The number of carbonyl (C=O) groups excluding carboxylic acids is 3. The predicted molar refractivity (Wildman–Crippen MR) is 95.0 cm³/mol. The van der Waals surface area contributed by atoms with Crippen molar-refractivity contribution >= 4 is 23.5 Å². The predicted octanol–water partition coefficient (Wildman–Crippen LogP) is 1.14. The average Bonchev–Trinajstić information content (AvgIpc) is 2.98. The van der Waals surface area contributed by atoms with E-state index in [2.05, 4.69) is 10.6 Å². The van der Waals surface area contributed by atoms with Crippen molar-refractivity contribution in [3.63, 3.8) is 0 Å². The second-order valence-electron chi connectivity index (χ2n) is 6.04. The van der Waals surface area contributed by atoms with Gasteiger partial charge < -0.3 is 25.6 Å². The highest BCUT2D eigenvalue weighted by Gasteiger charge is 2.29. The van der Waals surface area contributed by atoms with Crippen LogP contribution in [0.4, 0.5) is 10.5 Å². The highest BCUT2D eigenvalue weighted by atomic mass is 16.5. The van der Waals surface area contributed by atoms with Crippen LogP contribution >= 0.6 is 0 Å². The second-order valence-corrected chi connectivity index (χ2v) is 6.04. The summed E-state index contributed by atoms with van der Waals surface area (Å²) in [6, 6.07) is 13.4. The quantitative estimate of drug-likeness (QED) is 0.565. The molecule has 27 heavy (non-hydrogen) atoms. The Morgan fingerprint density at radius 3 is 2.59 bits per heavy atom. The maximum atomic E-state index is 11.7. The molecular formula is C19H18N2O6. The zero-order valence-electron chi connectivity index (χ0n) is 14.2. The number of alkyl carbamates (subject to hydrolysis) is 1. The highest BCUT2D eigenvalue weighted by molar-refractivity contribution is 6.51. The molecule has 0 fully saturated rings. The fraction of sp³-hybridized carbons (Fsp3) is 0.211. The summed E-state index contributed by atoms with van der Waals surface area (Å²) in [6.07, 6.45) is -3.41. The molecule has 4 N–H and O–H groups in total. The number of Topliss-reactive ketones (excluding diaryl/α,β-unsaturated/α-hetero) is 1. The van der Waals surface area contributed by atoms with Gasteiger partial charge in [-0.2, -0.15) is 0 Å². The van der Waals surface area contributed by atoms with Crippen LogP contribution in [0.15, 0.2) is 48.5 Å². The van der Waals surface area contributed by atoms with Crippen molar-refractivity contribution in [3.05, 3.63) is 65.2 Å². The first-order chi connectivity index (χ1) is 13.0. The van der Waals surface area contributed by atoms with Gasteiger partial charge in [0.25, 0.3) is 11.7 Å². The Balaban J connectivity index is 1.52. The Morgan fingerprint density at radius 1 is 1.11 bits per heavy atom. The van der Waals surface area contributed by atoms with Gasteiger partial charge in [-0.3, -0.25) is 9.59 Å². The number of benzene rings is 2. The molecule has 2 amide bonds. The topological polar surface area (TPSA) is 125 Å². The van der Waals surface area contributed by atoms with Gasteiger partial charge in [0.1, 0.15) is 18.8 Å². The van der Waals surface area contributed by atoms with Crippen molar-refractivity contribution in [2.45, 2.75) is 18.8 Å². The fourth-order valence-electron chi connectivity index (χ4n) is 2.64. The van der Waals surface area contributed by atoms with E-state index in [9.17, 15) is 24.6 Å². The summed E-state index contributed by atoms with van der Waals surface area (Å²) in [5.74, 6) is -1.43. The van der Waals surface area contributed by atoms with Crippen LogP contribution in [-0.4, -0.2) is 40.6 Å². The van der Waals surface area contributed by atoms with Crippen molar-refractivity contribution < 1.29 is 29.3 Å². The summed E-state index contributed by atoms with van der Waals surface area (Å²) in [7, 11) is 0. The first-order valence-electron chi connectivity index (χ1n) is 8.26. The number of aliphatic hydroxyl groups excluding tert-OH is 2. The normalized spacial score (nSPS) is 14.9. The lowest BCUT2D eigenvalue weighted by Crippen LogP contribution is -2.35. The third-order valence-corrected chi connectivity index (χ3v) is 4.12. The van der Waals surface area contributed by atoms with E-state index in [1.807, 2.05) is 18.2 Å². The number of fused-ring (bicyclic) bond motifs is 1. The molecule has 1 aliphatic rings. The third kappa shape index (κ3) is 4.30. The van der Waals surface area contributed by atoms with Gasteiger partial charge in [-0.05, 0) is 23.3 Å². The monoisotopic (exact) mass is 370 g/mol. The first kappa shape index (κ1) is 18.6. The molecule has 1 aliphatic heterocycles. The number of hydrogen-bond acceptors (Lipinski definition) is 6. The van der Waals surface area contributed by atoms with E-state index in [-0.39, 0.29) is 24.3 Å². The van der Waals surface area contributed by atoms with Gasteiger partial charge in [-0.25, -0.2) is 4.79 Å². The SMILES string of the molecule is O=C(NCC(O)C(O)c1ccc2c(c1)C(=O)C(=O)N2)OCc1ccccc1. The van der Waals surface area contributed by atoms with Crippen LogP contribution < -0.4 is 10.6 Å². The van der Waals surface area contributed by atoms with Crippen LogP contribution in [0, 0.1) is 0 Å². The fourth-order valence-corrected chi connectivity index (χ4v) is 2.64. The highest BCUT2D eigenvalue weighted by Crippen LogP contribution is 2.27. The summed E-state index contributed by atoms with van der Waals surface area (Å²) >= 11 is 0. The molecule has 0 radical (unpaired) electrons. The average molecular weight is 370 g/mol. The number of ketones is 1. The van der Waals surface area contributed by atoms with E-state index >= 15 is 0 Å². The first-order valence-corrected chi connectivity index (χ1v) is 8.26. The summed E-state index contributed by atoms with van der Waals surface area (Å²) < 4.78 is 5.02. The second kappa shape index (κ2) is 7.98. The minimum atomic E-state index is -1.35. The standard InChI is InChI=1S/C19H18N2O6/c22-15(9-20-19(26)27-10-11-4-2-1-3-5-11)16(23)12-6-7-14-13(8-12)17(24)18(25)21-14/h1-8,15-16,22-23H,9-10H2,(H,20,26)(H,21,24,25). The van der Waals surface area contributed by atoms with Gasteiger partial charge in [-0.15, -0.1) is 0 Å². The lowest BCUT2D eigenvalue weighted by molar-refractivity contribution is -0.112. The molecule has 3 rings (SSSR count). The van der Waals surface area contributed by atoms with Crippen molar-refractivity contribution in [2.75, 3.05) is 11.9 Å². The van der Waals surface area contributed by atoms with E-state index in [0.29, 0.717) is 5.69 Å². The van der Waals surface area contributed by atoms with E-state index in [4.69, 9.17) is 4.74 Å². The maximum Gasteiger partial charge on any atom is 0.407 e. The van der Waals surface area contributed by atoms with Gasteiger partial charge in [0.15, 0.2) is 0 Å². The molecule has 2 aromatic carbocycles. The minimum Gasteiger partial charge on any atom is -0.445 e. The Bertz CT molecular complexity index is 868. The van der Waals surface area contributed by atoms with Crippen LogP contribution in [0.3, 0.4) is 0 Å². The van der Waals surface area contributed by atoms with E-state index < -0.39 is 30.0 Å². The van der Waals surface area contributed by atoms with E-state index in [0.717, 1.165) is 5.56 Å². The summed E-state index contributed by atoms with van der Waals surface area (Å²) in [5.41, 5.74) is 1.57. The van der Waals surface area contributed by atoms with E-state index in [1.54, 1.807) is 12.1 Å². The molecule has 0 aromatic heterocycles. The number of ether oxygens (including phenoxy) is 1. The zero-order valence-corrected chi connectivity index (χ0v) is 14.2. The third-order valence-electron chi connectivity index (χ3n) is 4.12. The maximum absolute atomic E-state index is 11.7. The molecule has 8 heteroatoms. The number of hydrogen-bond donors (Lipinski definition) is 4. The van der Waals surface area contributed by atoms with Crippen LogP contribution in [0.2, 0.25) is 0 Å². The molecule has 0 bridgehead atoms. The van der Waals surface area contributed by atoms with Gasteiger partial charge in [0.2, 0.25) is 0 Å². The number of amides is 2. The van der Waals surface area contributed by atoms with Gasteiger partial charge >= 0.3 is 6.09 Å². The van der Waals surface area contributed by atoms with Gasteiger partial charge in [0, 0.05) is 6.54 Å². The van der Waals surface area contributed by atoms with E-state index in [1.165, 1.54) is 18.2 Å². The van der Waals surface area contributed by atoms with Crippen molar-refractivity contribution in [1.82, 2.24) is 5.32 Å². The summed E-state index contributed by atoms with van der Waals surface area (Å²) in [4.78, 5) is 34.8. The molecule has 140 valence electrons. The van der Waals surface area contributed by atoms with Crippen LogP contribution in [-0.2, 0) is 16.1 Å². The van der Waals surface area contributed by atoms with Crippen LogP contribution in [0.25, 0.3) is 0 Å². The van der Waals surface area contributed by atoms with Crippen LogP contribution in [0.5, 0.6) is 0 Å². The Morgan fingerprint density at radius 2 is 1.85 bits per heavy atom. The Labute approximate surface area is 154 Å². The molecule has 0 aliphatic carbocycles. The lowest BCUT2D eigenvalue weighted by atomic mass is 10.0. The minimum absolute atomic E-state index is 0.0826. The largest absolute Gasteiger partial charge is 0.445 e. The molecule has 0 saturated heterocycles. The molecule has 0 saturated carbocycles. The number of carbonyl (C=O) groups is 3. The molecular weight excluding hydrogens is 352 g/mol. The van der Waals surface area contributed by atoms with Gasteiger partial charge in [0.05, 0.1) is 11.3 Å². The smallest absolute Gasteiger partial charge is 0.407 e. The van der Waals surface area contributed by atoms with Crippen molar-refractivity contribution in [2.24, 2.45) is 0 Å². The van der Waals surface area contributed by atoms with Crippen molar-refractivity contribution in [1.29, 1.82) is 0 Å². The molecule has 8 nitrogen and oxygen atoms in total. The van der Waals surface area contributed by atoms with Crippen LogP contribution in [0.1, 0.15) is 27.6 Å². The number of aliphatic hydroxyl groups is 2. The molecule has 2 unspecified atom stereocenters. The Hall–Kier alpha value is -3.23. The molecule has 0 spiro atoms. The zero-order chi connectivity index (χ0) is 19.4. The number of nitrogens with one attached hydrogen (secondary N) is 2. The summed E-state index contributed by atoms with van der Waals surface area (Å²) in [5, 5.41) is 25.1. The molecule has 2 aromatic rings. The van der Waals surface area contributed by atoms with Gasteiger partial charge in [-0.1, -0.05) is 36.4 Å². The molecule has 2 atom stereocenters. The molecule has 1 heterocycles. The number of anilines is 1. The number of rotatable bonds is 6. The lowest BCUT2D eigenvalue weighted by Gasteiger charge is -2.19. The van der Waals surface area contributed by atoms with Crippen molar-refractivity contribution in [3.8, 4) is 0 Å². The Kier molecular flexibility index (Phi) is 5.49. The summed E-state index contributed by atoms with van der Waals surface area (Å²) in [6.45, 7) is -0.170.